The smallest absolute Gasteiger partial charge is 0.256 e. The van der Waals surface area contributed by atoms with E-state index in [9.17, 15) is 4.79 Å². The number of nitrogens with two attached hydrogens (primary N) is 1. The Bertz CT molecular complexity index is 540. The lowest BCUT2D eigenvalue weighted by Gasteiger charge is -2.47. The van der Waals surface area contributed by atoms with Crippen LogP contribution in [0.3, 0.4) is 0 Å². The van der Waals surface area contributed by atoms with Crippen LogP contribution in [0.25, 0.3) is 0 Å². The van der Waals surface area contributed by atoms with Crippen LogP contribution in [0, 0.1) is 18.8 Å². The van der Waals surface area contributed by atoms with Crippen molar-refractivity contribution in [3.05, 3.63) is 29.3 Å². The van der Waals surface area contributed by atoms with Crippen molar-refractivity contribution in [2.45, 2.75) is 52.0 Å². The van der Waals surface area contributed by atoms with E-state index in [-0.39, 0.29) is 5.91 Å². The molecule has 2 fully saturated rings. The van der Waals surface area contributed by atoms with E-state index in [4.69, 9.17) is 5.73 Å². The second-order valence-electron chi connectivity index (χ2n) is 6.82. The fourth-order valence-electron chi connectivity index (χ4n) is 4.19. The Balaban J connectivity index is 1.88. The second kappa shape index (κ2) is 5.70. The molecule has 3 heteroatoms. The van der Waals surface area contributed by atoms with Crippen LogP contribution < -0.4 is 5.73 Å². The number of rotatable bonds is 1. The number of aryl methyl sites for hydroxylation is 1. The number of anilines is 1. The SMILES string of the molecule is Cc1cccc(C(=O)N2CCC(C)C3CCCCC32)c1N. The molecule has 1 aromatic rings. The molecule has 1 saturated heterocycles. The Labute approximate surface area is 127 Å². The average Bonchev–Trinajstić information content (AvgIpc) is 2.50. The Morgan fingerprint density at radius 3 is 2.81 bits per heavy atom. The number of fused-ring (bicyclic) bond motifs is 1. The van der Waals surface area contributed by atoms with Crippen molar-refractivity contribution in [3.63, 3.8) is 0 Å². The number of para-hydroxylation sites is 1. The van der Waals surface area contributed by atoms with Gasteiger partial charge in [0.2, 0.25) is 0 Å². The van der Waals surface area contributed by atoms with E-state index in [1.54, 1.807) is 0 Å². The maximum Gasteiger partial charge on any atom is 0.256 e. The van der Waals surface area contributed by atoms with Crippen LogP contribution in [-0.4, -0.2) is 23.4 Å². The highest BCUT2D eigenvalue weighted by Crippen LogP contribution is 2.39. The Kier molecular flexibility index (Phi) is 3.92. The number of carbonyl (C=O) groups excluding carboxylic acids is 1. The summed E-state index contributed by atoms with van der Waals surface area (Å²) in [5.41, 5.74) is 8.47. The number of benzene rings is 1. The van der Waals surface area contributed by atoms with Crippen LogP contribution in [0.4, 0.5) is 5.69 Å². The number of nitrogens with zero attached hydrogens (tertiary/aromatic N) is 1. The van der Waals surface area contributed by atoms with Crippen molar-refractivity contribution in [1.82, 2.24) is 4.90 Å². The third kappa shape index (κ3) is 2.54. The highest BCUT2D eigenvalue weighted by atomic mass is 16.2. The van der Waals surface area contributed by atoms with Gasteiger partial charge in [-0.05, 0) is 49.7 Å². The normalized spacial score (nSPS) is 29.0. The molecule has 2 N–H and O–H groups in total. The Morgan fingerprint density at radius 1 is 1.24 bits per heavy atom. The number of hydrogen-bond acceptors (Lipinski definition) is 2. The monoisotopic (exact) mass is 286 g/mol. The first-order valence-corrected chi connectivity index (χ1v) is 8.25. The molecule has 0 bridgehead atoms. The minimum absolute atomic E-state index is 0.139. The summed E-state index contributed by atoms with van der Waals surface area (Å²) in [6.45, 7) is 5.20. The van der Waals surface area contributed by atoms with E-state index >= 15 is 0 Å². The molecule has 0 radical (unpaired) electrons. The fraction of sp³-hybridized carbons (Fsp3) is 0.611. The lowest BCUT2D eigenvalue weighted by Crippen LogP contribution is -2.52. The van der Waals surface area contributed by atoms with Gasteiger partial charge in [0.1, 0.15) is 0 Å². The van der Waals surface area contributed by atoms with E-state index in [0.29, 0.717) is 23.2 Å². The van der Waals surface area contributed by atoms with Crippen LogP contribution in [0.5, 0.6) is 0 Å². The molecule has 1 aliphatic heterocycles. The molecule has 1 aromatic carbocycles. The molecule has 3 nitrogen and oxygen atoms in total. The summed E-state index contributed by atoms with van der Waals surface area (Å²) in [5, 5.41) is 0. The molecule has 2 aliphatic rings. The van der Waals surface area contributed by atoms with Gasteiger partial charge in [-0.15, -0.1) is 0 Å². The zero-order valence-corrected chi connectivity index (χ0v) is 13.1. The molecule has 3 rings (SSSR count). The van der Waals surface area contributed by atoms with Crippen LogP contribution in [0.15, 0.2) is 18.2 Å². The van der Waals surface area contributed by atoms with E-state index < -0.39 is 0 Å². The molecule has 3 atom stereocenters. The molecule has 1 saturated carbocycles. The van der Waals surface area contributed by atoms with Gasteiger partial charge in [-0.2, -0.15) is 0 Å². The van der Waals surface area contributed by atoms with Crippen LogP contribution in [0.2, 0.25) is 0 Å². The summed E-state index contributed by atoms with van der Waals surface area (Å²) in [6, 6.07) is 6.20. The topological polar surface area (TPSA) is 46.3 Å². The van der Waals surface area contributed by atoms with Crippen molar-refractivity contribution in [1.29, 1.82) is 0 Å². The molecule has 1 heterocycles. The molecule has 1 amide bonds. The molecular weight excluding hydrogens is 260 g/mol. The van der Waals surface area contributed by atoms with Gasteiger partial charge < -0.3 is 10.6 Å². The van der Waals surface area contributed by atoms with Gasteiger partial charge >= 0.3 is 0 Å². The lowest BCUT2D eigenvalue weighted by atomic mass is 9.72. The van der Waals surface area contributed by atoms with Gasteiger partial charge in [-0.25, -0.2) is 0 Å². The molecule has 3 unspecified atom stereocenters. The second-order valence-corrected chi connectivity index (χ2v) is 6.82. The Morgan fingerprint density at radius 2 is 2.00 bits per heavy atom. The lowest BCUT2D eigenvalue weighted by molar-refractivity contribution is 0.0218. The summed E-state index contributed by atoms with van der Waals surface area (Å²) >= 11 is 0. The largest absolute Gasteiger partial charge is 0.398 e. The van der Waals surface area contributed by atoms with Crippen LogP contribution in [0.1, 0.15) is 54.9 Å². The van der Waals surface area contributed by atoms with E-state index in [0.717, 1.165) is 30.9 Å². The molecule has 114 valence electrons. The van der Waals surface area contributed by atoms with Gasteiger partial charge in [-0.1, -0.05) is 31.9 Å². The highest BCUT2D eigenvalue weighted by molar-refractivity contribution is 6.00. The number of hydrogen-bond donors (Lipinski definition) is 1. The van der Waals surface area contributed by atoms with Gasteiger partial charge in [0.05, 0.1) is 5.56 Å². The molecular formula is C18H26N2O. The third-order valence-electron chi connectivity index (χ3n) is 5.55. The first-order valence-electron chi connectivity index (χ1n) is 8.25. The van der Waals surface area contributed by atoms with E-state index in [1.165, 1.54) is 19.3 Å². The molecule has 0 aromatic heterocycles. The van der Waals surface area contributed by atoms with Crippen LogP contribution >= 0.6 is 0 Å². The van der Waals surface area contributed by atoms with Crippen molar-refractivity contribution in [2.24, 2.45) is 11.8 Å². The molecule has 0 spiro atoms. The van der Waals surface area contributed by atoms with Crippen LogP contribution in [-0.2, 0) is 0 Å². The van der Waals surface area contributed by atoms with Gasteiger partial charge in [0.15, 0.2) is 0 Å². The van der Waals surface area contributed by atoms with E-state index in [2.05, 4.69) is 11.8 Å². The average molecular weight is 286 g/mol. The van der Waals surface area contributed by atoms with Gasteiger partial charge in [-0.3, -0.25) is 4.79 Å². The highest BCUT2D eigenvalue weighted by Gasteiger charge is 2.39. The maximum atomic E-state index is 13.0. The van der Waals surface area contributed by atoms with Crippen molar-refractivity contribution < 1.29 is 4.79 Å². The zero-order valence-electron chi connectivity index (χ0n) is 13.1. The first kappa shape index (κ1) is 14.4. The van der Waals surface area contributed by atoms with Gasteiger partial charge in [0, 0.05) is 18.3 Å². The quantitative estimate of drug-likeness (QED) is 0.801. The first-order chi connectivity index (χ1) is 10.1. The molecule has 21 heavy (non-hydrogen) atoms. The minimum Gasteiger partial charge on any atom is -0.398 e. The third-order valence-corrected chi connectivity index (χ3v) is 5.55. The van der Waals surface area contributed by atoms with Crippen molar-refractivity contribution >= 4 is 11.6 Å². The number of piperidine rings is 1. The van der Waals surface area contributed by atoms with E-state index in [1.807, 2.05) is 25.1 Å². The Hall–Kier alpha value is -1.51. The summed E-state index contributed by atoms with van der Waals surface area (Å²) in [7, 11) is 0. The summed E-state index contributed by atoms with van der Waals surface area (Å²) in [6.07, 6.45) is 6.13. The summed E-state index contributed by atoms with van der Waals surface area (Å²) < 4.78 is 0. The predicted octanol–water partition coefficient (Wildman–Crippen LogP) is 3.62. The summed E-state index contributed by atoms with van der Waals surface area (Å²) in [4.78, 5) is 15.1. The van der Waals surface area contributed by atoms with Crippen molar-refractivity contribution in [2.75, 3.05) is 12.3 Å². The van der Waals surface area contributed by atoms with Crippen molar-refractivity contribution in [3.8, 4) is 0 Å². The number of likely N-dealkylation sites (tertiary alicyclic amines) is 1. The predicted molar refractivity (Wildman–Crippen MR) is 86.2 cm³/mol. The fourth-order valence-corrected chi connectivity index (χ4v) is 4.19. The number of carbonyl (C=O) groups is 1. The maximum absolute atomic E-state index is 13.0. The zero-order chi connectivity index (χ0) is 15.0. The molecule has 1 aliphatic carbocycles. The minimum atomic E-state index is 0.139. The number of amides is 1. The number of nitrogen functional groups attached to an aromatic ring is 1. The standard InChI is InChI=1S/C18H26N2O/c1-12-10-11-20(16-9-4-3-7-14(12)16)18(21)15-8-5-6-13(2)17(15)19/h5-6,8,12,14,16H,3-4,7,9-11,19H2,1-2H3. The van der Waals surface area contributed by atoms with Gasteiger partial charge in [0.25, 0.3) is 5.91 Å². The summed E-state index contributed by atoms with van der Waals surface area (Å²) in [5.74, 6) is 1.57.